The predicted octanol–water partition coefficient (Wildman–Crippen LogP) is 3.78. The number of ether oxygens (including phenoxy) is 2. The molecular weight excluding hydrogens is 508 g/mol. The third kappa shape index (κ3) is 7.16. The quantitative estimate of drug-likeness (QED) is 0.367. The van der Waals surface area contributed by atoms with Gasteiger partial charge in [0.2, 0.25) is 5.91 Å². The minimum absolute atomic E-state index is 0.0214. The topological polar surface area (TPSA) is 105 Å². The molecule has 2 fully saturated rings. The number of nitro groups is 1. The van der Waals surface area contributed by atoms with E-state index in [4.69, 9.17) is 9.47 Å². The summed E-state index contributed by atoms with van der Waals surface area (Å²) in [5.41, 5.74) is 1.77. The molecule has 204 valence electrons. The molecule has 10 nitrogen and oxygen atoms in total. The fourth-order valence-electron chi connectivity index (χ4n) is 4.71. The van der Waals surface area contributed by atoms with Gasteiger partial charge in [-0.05, 0) is 61.8 Å². The highest BCUT2D eigenvalue weighted by Gasteiger charge is 2.42. The summed E-state index contributed by atoms with van der Waals surface area (Å²) >= 11 is 1.73. The van der Waals surface area contributed by atoms with Crippen LogP contribution in [-0.2, 0) is 21.9 Å². The highest BCUT2D eigenvalue weighted by molar-refractivity contribution is 7.99. The van der Waals surface area contributed by atoms with E-state index in [1.807, 2.05) is 29.2 Å². The van der Waals surface area contributed by atoms with Gasteiger partial charge < -0.3 is 19.3 Å². The summed E-state index contributed by atoms with van der Waals surface area (Å²) in [5.74, 6) is 1.53. The van der Waals surface area contributed by atoms with Crippen molar-refractivity contribution in [3.63, 3.8) is 0 Å². The highest BCUT2D eigenvalue weighted by Crippen LogP contribution is 2.32. The standard InChI is InChI=1S/C27H34N4O6S/c1-28-12-3-13-29(15-14-28)26(32)25-16-24(38-19-21-6-10-23(36-2)11-7-21)17-30(25)27(33)37-18-20-4-8-22(9-5-20)31(34)35/h4-11,24-25H,3,12-19H2,1-2H3/t24-,25-/m0/s1. The SMILES string of the molecule is COc1ccc(CS[C@H]2C[C@@H](C(=O)N3CCCN(C)CC3)N(C(=O)OCc3ccc([N+](=O)[O-])cc3)C2)cc1. The first-order chi connectivity index (χ1) is 18.3. The number of hydrogen-bond donors (Lipinski definition) is 0. The van der Waals surface area contributed by atoms with Crippen molar-refractivity contribution in [2.24, 2.45) is 0 Å². The molecular formula is C27H34N4O6S. The summed E-state index contributed by atoms with van der Waals surface area (Å²) in [6, 6.07) is 13.2. The van der Waals surface area contributed by atoms with Gasteiger partial charge in [-0.3, -0.25) is 19.8 Å². The molecule has 0 bridgehead atoms. The molecule has 11 heteroatoms. The minimum atomic E-state index is -0.573. The zero-order valence-electron chi connectivity index (χ0n) is 21.8. The zero-order chi connectivity index (χ0) is 27.1. The number of likely N-dealkylation sites (tertiary alicyclic amines) is 1. The third-order valence-electron chi connectivity index (χ3n) is 6.97. The Morgan fingerprint density at radius 2 is 1.74 bits per heavy atom. The van der Waals surface area contributed by atoms with E-state index in [0.717, 1.165) is 36.6 Å². The lowest BCUT2D eigenvalue weighted by molar-refractivity contribution is -0.384. The molecule has 0 N–H and O–H groups in total. The highest BCUT2D eigenvalue weighted by atomic mass is 32.2. The smallest absolute Gasteiger partial charge is 0.410 e. The average Bonchev–Trinajstić information content (AvgIpc) is 3.24. The number of thioether (sulfide) groups is 1. The first-order valence-corrected chi connectivity index (χ1v) is 13.8. The number of benzene rings is 2. The Balaban J connectivity index is 1.42. The van der Waals surface area contributed by atoms with Crippen LogP contribution in [-0.4, -0.2) is 89.8 Å². The van der Waals surface area contributed by atoms with Gasteiger partial charge in [0.05, 0.1) is 12.0 Å². The van der Waals surface area contributed by atoms with Crippen molar-refractivity contribution in [3.05, 3.63) is 69.8 Å². The molecule has 2 saturated heterocycles. The van der Waals surface area contributed by atoms with Gasteiger partial charge >= 0.3 is 6.09 Å². The molecule has 2 heterocycles. The van der Waals surface area contributed by atoms with E-state index in [1.54, 1.807) is 35.9 Å². The van der Waals surface area contributed by atoms with E-state index in [2.05, 4.69) is 11.9 Å². The van der Waals surface area contributed by atoms with Gasteiger partial charge in [0.15, 0.2) is 0 Å². The number of non-ortho nitro benzene ring substituents is 1. The average molecular weight is 543 g/mol. The van der Waals surface area contributed by atoms with E-state index >= 15 is 0 Å². The molecule has 0 radical (unpaired) electrons. The van der Waals surface area contributed by atoms with Crippen LogP contribution in [0.2, 0.25) is 0 Å². The van der Waals surface area contributed by atoms with Crippen LogP contribution in [0.5, 0.6) is 5.75 Å². The molecule has 2 aromatic rings. The Hall–Kier alpha value is -3.31. The van der Waals surface area contributed by atoms with Crippen molar-refractivity contribution in [2.75, 3.05) is 46.9 Å². The summed E-state index contributed by atoms with van der Waals surface area (Å²) in [7, 11) is 3.69. The Bertz CT molecular complexity index is 1110. The fraction of sp³-hybridized carbons (Fsp3) is 0.481. The van der Waals surface area contributed by atoms with Crippen LogP contribution >= 0.6 is 11.8 Å². The Morgan fingerprint density at radius 1 is 1.03 bits per heavy atom. The number of carbonyl (C=O) groups is 2. The van der Waals surface area contributed by atoms with Crippen molar-refractivity contribution < 1.29 is 24.0 Å². The number of carbonyl (C=O) groups excluding carboxylic acids is 2. The maximum absolute atomic E-state index is 13.6. The second-order valence-electron chi connectivity index (χ2n) is 9.65. The molecule has 38 heavy (non-hydrogen) atoms. The van der Waals surface area contributed by atoms with Gasteiger partial charge in [-0.1, -0.05) is 12.1 Å². The maximum Gasteiger partial charge on any atom is 0.410 e. The number of nitrogens with zero attached hydrogens (tertiary/aromatic N) is 4. The maximum atomic E-state index is 13.6. The number of amides is 2. The van der Waals surface area contributed by atoms with E-state index in [-0.39, 0.29) is 23.5 Å². The van der Waals surface area contributed by atoms with E-state index in [1.165, 1.54) is 12.1 Å². The molecule has 2 aliphatic rings. The number of methoxy groups -OCH3 is 1. The fourth-order valence-corrected chi connectivity index (χ4v) is 5.91. The third-order valence-corrected chi connectivity index (χ3v) is 8.28. The Morgan fingerprint density at radius 3 is 2.42 bits per heavy atom. The summed E-state index contributed by atoms with van der Waals surface area (Å²) in [6.07, 6.45) is 0.926. The van der Waals surface area contributed by atoms with Crippen molar-refractivity contribution >= 4 is 29.4 Å². The molecule has 0 saturated carbocycles. The van der Waals surface area contributed by atoms with Crippen LogP contribution in [0.25, 0.3) is 0 Å². The Kier molecular flexibility index (Phi) is 9.46. The van der Waals surface area contributed by atoms with Crippen molar-refractivity contribution in [2.45, 2.75) is 36.5 Å². The molecule has 2 amide bonds. The summed E-state index contributed by atoms with van der Waals surface area (Å²) in [6.45, 7) is 3.46. The number of hydrogen-bond acceptors (Lipinski definition) is 8. The first-order valence-electron chi connectivity index (χ1n) is 12.7. The lowest BCUT2D eigenvalue weighted by Gasteiger charge is -2.29. The lowest BCUT2D eigenvalue weighted by atomic mass is 10.2. The van der Waals surface area contributed by atoms with Crippen molar-refractivity contribution in [3.8, 4) is 5.75 Å². The Labute approximate surface area is 227 Å². The monoisotopic (exact) mass is 542 g/mol. The van der Waals surface area contributed by atoms with Crippen LogP contribution < -0.4 is 4.74 Å². The van der Waals surface area contributed by atoms with Crippen LogP contribution in [0.4, 0.5) is 10.5 Å². The number of nitro benzene ring substituents is 1. The van der Waals surface area contributed by atoms with Gasteiger partial charge in [-0.15, -0.1) is 0 Å². The van der Waals surface area contributed by atoms with Crippen LogP contribution in [0.3, 0.4) is 0 Å². The number of rotatable bonds is 8. The van der Waals surface area contributed by atoms with Gasteiger partial charge in [-0.2, -0.15) is 11.8 Å². The van der Waals surface area contributed by atoms with Gasteiger partial charge in [0.25, 0.3) is 5.69 Å². The van der Waals surface area contributed by atoms with Crippen LogP contribution in [0.15, 0.2) is 48.5 Å². The molecule has 2 aromatic carbocycles. The van der Waals surface area contributed by atoms with Gasteiger partial charge in [0, 0.05) is 49.3 Å². The number of likely N-dealkylation sites (N-methyl/N-ethyl adjacent to an activating group) is 1. The van der Waals surface area contributed by atoms with E-state index in [9.17, 15) is 19.7 Å². The van der Waals surface area contributed by atoms with E-state index in [0.29, 0.717) is 31.6 Å². The zero-order valence-corrected chi connectivity index (χ0v) is 22.6. The first kappa shape index (κ1) is 27.7. The van der Waals surface area contributed by atoms with Crippen LogP contribution in [0, 0.1) is 10.1 Å². The lowest BCUT2D eigenvalue weighted by Crippen LogP contribution is -2.48. The molecule has 0 spiro atoms. The summed E-state index contributed by atoms with van der Waals surface area (Å²) in [4.78, 5) is 42.9. The van der Waals surface area contributed by atoms with E-state index < -0.39 is 17.1 Å². The second-order valence-corrected chi connectivity index (χ2v) is 10.9. The molecule has 2 aliphatic heterocycles. The van der Waals surface area contributed by atoms with Crippen molar-refractivity contribution in [1.29, 1.82) is 0 Å². The van der Waals surface area contributed by atoms with Crippen molar-refractivity contribution in [1.82, 2.24) is 14.7 Å². The predicted molar refractivity (Wildman–Crippen MR) is 145 cm³/mol. The summed E-state index contributed by atoms with van der Waals surface area (Å²) in [5, 5.41) is 11.0. The molecule has 0 aromatic heterocycles. The molecule has 0 aliphatic carbocycles. The second kappa shape index (κ2) is 13.0. The van der Waals surface area contributed by atoms with Gasteiger partial charge in [-0.25, -0.2) is 4.79 Å². The molecule has 2 atom stereocenters. The largest absolute Gasteiger partial charge is 0.497 e. The van der Waals surface area contributed by atoms with Gasteiger partial charge in [0.1, 0.15) is 18.4 Å². The summed E-state index contributed by atoms with van der Waals surface area (Å²) < 4.78 is 10.8. The van der Waals surface area contributed by atoms with Crippen LogP contribution in [0.1, 0.15) is 24.0 Å². The molecule has 0 unspecified atom stereocenters. The molecule has 4 rings (SSSR count). The normalized spacial score (nSPS) is 20.2. The minimum Gasteiger partial charge on any atom is -0.497 e.